The number of rotatable bonds is 5. The van der Waals surface area contributed by atoms with Crippen LogP contribution < -0.4 is 5.32 Å². The van der Waals surface area contributed by atoms with Crippen molar-refractivity contribution in [3.8, 4) is 6.07 Å². The van der Waals surface area contributed by atoms with Crippen LogP contribution in [-0.4, -0.2) is 52.1 Å². The highest BCUT2D eigenvalue weighted by atomic mass is 19.4. The number of carbonyl (C=O) groups excluding carboxylic acids is 3. The van der Waals surface area contributed by atoms with Gasteiger partial charge in [0.15, 0.2) is 0 Å². The summed E-state index contributed by atoms with van der Waals surface area (Å²) < 4.78 is 67.4. The zero-order chi connectivity index (χ0) is 26.4. The van der Waals surface area contributed by atoms with Gasteiger partial charge in [0.2, 0.25) is 17.7 Å². The fourth-order valence-electron chi connectivity index (χ4n) is 5.21. The summed E-state index contributed by atoms with van der Waals surface area (Å²) in [6.45, 7) is 1.05. The van der Waals surface area contributed by atoms with Gasteiger partial charge in [0, 0.05) is 31.8 Å². The van der Waals surface area contributed by atoms with Gasteiger partial charge in [-0.25, -0.2) is 8.78 Å². The van der Waals surface area contributed by atoms with Crippen LogP contribution in [-0.2, 0) is 40.1 Å². The summed E-state index contributed by atoms with van der Waals surface area (Å²) in [6.07, 6.45) is -4.58. The molecule has 0 spiro atoms. The lowest BCUT2D eigenvalue weighted by atomic mass is 9.96. The van der Waals surface area contributed by atoms with Crippen molar-refractivity contribution in [2.24, 2.45) is 5.92 Å². The second-order valence-corrected chi connectivity index (χ2v) is 9.64. The lowest BCUT2D eigenvalue weighted by Gasteiger charge is -2.22. The first-order chi connectivity index (χ1) is 16.8. The van der Waals surface area contributed by atoms with E-state index in [0.29, 0.717) is 29.5 Å². The molecule has 0 aliphatic carbocycles. The largest absolute Gasteiger partial charge is 0.416 e. The van der Waals surface area contributed by atoms with Crippen LogP contribution >= 0.6 is 0 Å². The third-order valence-corrected chi connectivity index (χ3v) is 6.97. The summed E-state index contributed by atoms with van der Waals surface area (Å²) in [7, 11) is 0. The molecule has 3 aliphatic rings. The predicted molar refractivity (Wildman–Crippen MR) is 115 cm³/mol. The maximum absolute atomic E-state index is 13.7. The second-order valence-electron chi connectivity index (χ2n) is 9.64. The first-order valence-electron chi connectivity index (χ1n) is 11.7. The number of fused-ring (bicyclic) bond motifs is 1. The molecule has 0 saturated carbocycles. The van der Waals surface area contributed by atoms with Gasteiger partial charge in [-0.1, -0.05) is 13.3 Å². The van der Waals surface area contributed by atoms with E-state index in [1.54, 1.807) is 6.07 Å². The number of carbonyl (C=O) groups is 3. The van der Waals surface area contributed by atoms with Crippen molar-refractivity contribution in [2.45, 2.75) is 76.3 Å². The molecule has 0 bridgehead atoms. The van der Waals surface area contributed by atoms with Crippen molar-refractivity contribution in [1.29, 1.82) is 5.26 Å². The van der Waals surface area contributed by atoms with E-state index in [9.17, 15) is 36.3 Å². The molecule has 3 atom stereocenters. The Kier molecular flexibility index (Phi) is 6.70. The summed E-state index contributed by atoms with van der Waals surface area (Å²) >= 11 is 0. The van der Waals surface area contributed by atoms with Gasteiger partial charge in [0.25, 0.3) is 5.92 Å². The monoisotopic (exact) mass is 512 g/mol. The molecule has 3 amide bonds. The highest BCUT2D eigenvalue weighted by Crippen LogP contribution is 2.37. The second kappa shape index (κ2) is 9.33. The third kappa shape index (κ3) is 5.01. The molecule has 7 nitrogen and oxygen atoms in total. The van der Waals surface area contributed by atoms with Gasteiger partial charge >= 0.3 is 6.18 Å². The molecule has 1 N–H and O–H groups in total. The average molecular weight is 512 g/mol. The smallest absolute Gasteiger partial charge is 0.344 e. The minimum atomic E-state index is -4.51. The molecule has 36 heavy (non-hydrogen) atoms. The minimum Gasteiger partial charge on any atom is -0.344 e. The summed E-state index contributed by atoms with van der Waals surface area (Å²) in [4.78, 5) is 40.3. The van der Waals surface area contributed by atoms with Crippen molar-refractivity contribution in [1.82, 2.24) is 15.1 Å². The van der Waals surface area contributed by atoms with Crippen molar-refractivity contribution in [3.05, 3.63) is 34.4 Å². The summed E-state index contributed by atoms with van der Waals surface area (Å²) in [5.74, 6) is -5.90. The molecule has 12 heteroatoms. The highest BCUT2D eigenvalue weighted by molar-refractivity contribution is 5.94. The number of alkyl halides is 5. The molecular weight excluding hydrogens is 487 g/mol. The molecule has 0 aromatic heterocycles. The number of benzene rings is 1. The van der Waals surface area contributed by atoms with E-state index in [1.165, 1.54) is 4.90 Å². The lowest BCUT2D eigenvalue weighted by Crippen LogP contribution is -2.46. The fourth-order valence-corrected chi connectivity index (χ4v) is 5.21. The number of aryl methyl sites for hydroxylation is 1. The molecule has 3 heterocycles. The van der Waals surface area contributed by atoms with Crippen molar-refractivity contribution < 1.29 is 36.3 Å². The Morgan fingerprint density at radius 1 is 1.25 bits per heavy atom. The van der Waals surface area contributed by atoms with Crippen LogP contribution in [0.1, 0.15) is 54.9 Å². The number of amides is 3. The van der Waals surface area contributed by atoms with Gasteiger partial charge < -0.3 is 15.1 Å². The Morgan fingerprint density at radius 3 is 2.61 bits per heavy atom. The van der Waals surface area contributed by atoms with E-state index in [-0.39, 0.29) is 25.9 Å². The molecule has 194 valence electrons. The van der Waals surface area contributed by atoms with E-state index in [2.05, 4.69) is 5.32 Å². The summed E-state index contributed by atoms with van der Waals surface area (Å²) in [6, 6.07) is 1.43. The van der Waals surface area contributed by atoms with Crippen LogP contribution in [0.4, 0.5) is 22.0 Å². The predicted octanol–water partition coefficient (Wildman–Crippen LogP) is 3.15. The Hall–Kier alpha value is -3.23. The average Bonchev–Trinajstić information content (AvgIpc) is 3.47. The molecule has 4 rings (SSSR count). The van der Waals surface area contributed by atoms with E-state index < -0.39 is 66.4 Å². The van der Waals surface area contributed by atoms with Gasteiger partial charge in [-0.2, -0.15) is 18.4 Å². The first-order valence-corrected chi connectivity index (χ1v) is 11.7. The number of nitrogens with zero attached hydrogens (tertiary/aromatic N) is 3. The zero-order valence-corrected chi connectivity index (χ0v) is 19.5. The van der Waals surface area contributed by atoms with Gasteiger partial charge in [-0.3, -0.25) is 14.4 Å². The van der Waals surface area contributed by atoms with Crippen LogP contribution in [0.25, 0.3) is 0 Å². The lowest BCUT2D eigenvalue weighted by molar-refractivity contribution is -0.137. The quantitative estimate of drug-likeness (QED) is 0.614. The van der Waals surface area contributed by atoms with Gasteiger partial charge in [0.05, 0.1) is 18.2 Å². The molecular formula is C24H25F5N4O3. The Labute approximate surface area is 204 Å². The number of hydrogen-bond acceptors (Lipinski definition) is 4. The van der Waals surface area contributed by atoms with Crippen LogP contribution in [0.5, 0.6) is 0 Å². The summed E-state index contributed by atoms with van der Waals surface area (Å²) in [5, 5.41) is 11.6. The van der Waals surface area contributed by atoms with E-state index in [4.69, 9.17) is 5.26 Å². The van der Waals surface area contributed by atoms with Crippen molar-refractivity contribution >= 4 is 17.7 Å². The zero-order valence-electron chi connectivity index (χ0n) is 19.5. The van der Waals surface area contributed by atoms with Gasteiger partial charge in [-0.15, -0.1) is 0 Å². The molecule has 0 unspecified atom stereocenters. The Balaban J connectivity index is 1.42. The van der Waals surface area contributed by atoms with E-state index in [1.807, 2.05) is 6.92 Å². The third-order valence-electron chi connectivity index (χ3n) is 6.97. The van der Waals surface area contributed by atoms with Crippen LogP contribution in [0.2, 0.25) is 0 Å². The number of nitrogens with one attached hydrogen (secondary N) is 1. The Bertz CT molecular complexity index is 1130. The molecule has 3 aliphatic heterocycles. The topological polar surface area (TPSA) is 93.5 Å². The number of hydrogen-bond donors (Lipinski definition) is 1. The fraction of sp³-hybridized carbons (Fsp3) is 0.583. The highest BCUT2D eigenvalue weighted by Gasteiger charge is 2.50. The van der Waals surface area contributed by atoms with E-state index in [0.717, 1.165) is 17.0 Å². The van der Waals surface area contributed by atoms with Gasteiger partial charge in [-0.05, 0) is 41.7 Å². The minimum absolute atomic E-state index is 0.0157. The molecule has 1 aromatic rings. The maximum atomic E-state index is 13.7. The SMILES string of the molecule is CCCc1cc(C(F)(F)F)cc2c1CN(C(=O)C[C@@H]1C[C@@H](C(=O)N3CC(F)(F)C[C@H]3C#N)NC1=O)C2. The first kappa shape index (κ1) is 25.9. The molecule has 0 radical (unpaired) electrons. The number of nitriles is 1. The Morgan fingerprint density at radius 2 is 1.97 bits per heavy atom. The number of halogens is 5. The molecule has 1 aromatic carbocycles. The summed E-state index contributed by atoms with van der Waals surface area (Å²) in [5.41, 5.74) is 0.873. The van der Waals surface area contributed by atoms with Crippen molar-refractivity contribution in [2.75, 3.05) is 6.54 Å². The van der Waals surface area contributed by atoms with Crippen LogP contribution in [0.3, 0.4) is 0 Å². The standard InChI is InChI=1S/C24H25F5N4O3/c1-2-3-13-4-16(24(27,28)29)5-15-10-32(11-18(13)15)20(34)7-14-6-19(31-21(14)35)22(36)33-12-23(25,26)8-17(33)9-30/h4-5,14,17,19H,2-3,6-8,10-12H2,1H3,(H,31,35)/t14-,17-,19-/m0/s1. The maximum Gasteiger partial charge on any atom is 0.416 e. The molecule has 2 saturated heterocycles. The molecule has 2 fully saturated rings. The van der Waals surface area contributed by atoms with Crippen LogP contribution in [0, 0.1) is 17.2 Å². The van der Waals surface area contributed by atoms with Gasteiger partial charge in [0.1, 0.15) is 12.1 Å². The van der Waals surface area contributed by atoms with Crippen molar-refractivity contribution in [3.63, 3.8) is 0 Å². The van der Waals surface area contributed by atoms with Crippen LogP contribution in [0.15, 0.2) is 12.1 Å². The normalized spacial score (nSPS) is 25.0. The number of likely N-dealkylation sites (tertiary alicyclic amines) is 1. The van der Waals surface area contributed by atoms with E-state index >= 15 is 0 Å².